The molecule has 4 nitrogen and oxygen atoms in total. The normalized spacial score (nSPS) is 19.8. The molecule has 0 spiro atoms. The Labute approximate surface area is 114 Å². The monoisotopic (exact) mass is 259 g/mol. The first-order valence-corrected chi connectivity index (χ1v) is 7.35. The van der Waals surface area contributed by atoms with Crippen molar-refractivity contribution < 1.29 is 4.79 Å². The lowest BCUT2D eigenvalue weighted by atomic mass is 10.1. The van der Waals surface area contributed by atoms with Crippen molar-refractivity contribution in [3.8, 4) is 0 Å². The van der Waals surface area contributed by atoms with Crippen LogP contribution in [0.3, 0.4) is 0 Å². The molecule has 0 N–H and O–H groups in total. The molecule has 0 radical (unpaired) electrons. The van der Waals surface area contributed by atoms with Crippen molar-refractivity contribution in [3.05, 3.63) is 24.0 Å². The summed E-state index contributed by atoms with van der Waals surface area (Å²) < 4.78 is 0. The van der Waals surface area contributed by atoms with E-state index in [9.17, 15) is 4.79 Å². The van der Waals surface area contributed by atoms with Crippen molar-refractivity contribution in [2.45, 2.75) is 32.1 Å². The molecule has 19 heavy (non-hydrogen) atoms. The molecule has 2 aliphatic heterocycles. The highest BCUT2D eigenvalue weighted by Crippen LogP contribution is 2.19. The van der Waals surface area contributed by atoms with Crippen LogP contribution in [0.15, 0.2) is 18.3 Å². The fraction of sp³-hybridized carbons (Fsp3) is 0.600. The predicted molar refractivity (Wildman–Crippen MR) is 75.4 cm³/mol. The van der Waals surface area contributed by atoms with Crippen LogP contribution in [-0.4, -0.2) is 42.0 Å². The van der Waals surface area contributed by atoms with E-state index in [-0.39, 0.29) is 5.91 Å². The molecular formula is C15H21N3O. The molecule has 1 aromatic rings. The number of amides is 1. The molecule has 1 aromatic heterocycles. The van der Waals surface area contributed by atoms with Gasteiger partial charge in [-0.05, 0) is 44.2 Å². The summed E-state index contributed by atoms with van der Waals surface area (Å²) in [5.41, 5.74) is 1.74. The van der Waals surface area contributed by atoms with Gasteiger partial charge in [-0.2, -0.15) is 0 Å². The Balaban J connectivity index is 1.69. The highest BCUT2D eigenvalue weighted by atomic mass is 16.2. The lowest BCUT2D eigenvalue weighted by molar-refractivity contribution is 0.0787. The van der Waals surface area contributed by atoms with Crippen molar-refractivity contribution in [1.29, 1.82) is 0 Å². The van der Waals surface area contributed by atoms with Crippen molar-refractivity contribution in [2.24, 2.45) is 0 Å². The second-order valence-corrected chi connectivity index (χ2v) is 5.45. The van der Waals surface area contributed by atoms with Gasteiger partial charge in [-0.15, -0.1) is 0 Å². The maximum atomic E-state index is 12.2. The zero-order chi connectivity index (χ0) is 13.1. The Hall–Kier alpha value is -1.58. The van der Waals surface area contributed by atoms with E-state index >= 15 is 0 Å². The average Bonchev–Trinajstić information content (AvgIpc) is 3.02. The Morgan fingerprint density at radius 1 is 0.947 bits per heavy atom. The number of pyridine rings is 1. The molecule has 0 aliphatic carbocycles. The van der Waals surface area contributed by atoms with Crippen molar-refractivity contribution in [3.63, 3.8) is 0 Å². The van der Waals surface area contributed by atoms with E-state index in [0.29, 0.717) is 5.69 Å². The molecule has 4 heteroatoms. The lowest BCUT2D eigenvalue weighted by Crippen LogP contribution is -2.30. The van der Waals surface area contributed by atoms with Gasteiger partial charge in [0.15, 0.2) is 0 Å². The minimum absolute atomic E-state index is 0.0858. The summed E-state index contributed by atoms with van der Waals surface area (Å²) in [6.45, 7) is 3.99. The standard InChI is InChI=1S/C15H21N3O/c19-15(18-10-4-5-11-18)14-7-6-13(12-16-14)17-8-2-1-3-9-17/h6-7,12H,1-5,8-11H2. The van der Waals surface area contributed by atoms with Gasteiger partial charge in [-0.25, -0.2) is 4.98 Å². The van der Waals surface area contributed by atoms with E-state index in [4.69, 9.17) is 0 Å². The fourth-order valence-electron chi connectivity index (χ4n) is 2.93. The van der Waals surface area contributed by atoms with Crippen LogP contribution in [0.25, 0.3) is 0 Å². The fourth-order valence-corrected chi connectivity index (χ4v) is 2.93. The maximum absolute atomic E-state index is 12.2. The Bertz CT molecular complexity index is 431. The predicted octanol–water partition coefficient (Wildman–Crippen LogP) is 2.31. The Morgan fingerprint density at radius 2 is 1.63 bits per heavy atom. The third-order valence-corrected chi connectivity index (χ3v) is 4.08. The smallest absolute Gasteiger partial charge is 0.272 e. The number of rotatable bonds is 2. The van der Waals surface area contributed by atoms with Gasteiger partial charge >= 0.3 is 0 Å². The number of aromatic nitrogens is 1. The number of hydrogen-bond donors (Lipinski definition) is 0. The molecule has 1 amide bonds. The summed E-state index contributed by atoms with van der Waals surface area (Å²) in [6.07, 6.45) is 7.95. The molecule has 102 valence electrons. The molecule has 2 aliphatic rings. The van der Waals surface area contributed by atoms with Gasteiger partial charge in [0.05, 0.1) is 11.9 Å². The van der Waals surface area contributed by atoms with Crippen LogP contribution in [0.1, 0.15) is 42.6 Å². The zero-order valence-corrected chi connectivity index (χ0v) is 11.3. The quantitative estimate of drug-likeness (QED) is 0.817. The molecular weight excluding hydrogens is 238 g/mol. The van der Waals surface area contributed by atoms with Crippen LogP contribution in [0, 0.1) is 0 Å². The second kappa shape index (κ2) is 5.59. The summed E-state index contributed by atoms with van der Waals surface area (Å²) >= 11 is 0. The molecule has 2 saturated heterocycles. The van der Waals surface area contributed by atoms with Crippen LogP contribution in [0.4, 0.5) is 5.69 Å². The maximum Gasteiger partial charge on any atom is 0.272 e. The Morgan fingerprint density at radius 3 is 2.26 bits per heavy atom. The molecule has 3 rings (SSSR count). The zero-order valence-electron chi connectivity index (χ0n) is 11.3. The third kappa shape index (κ3) is 2.72. The van der Waals surface area contributed by atoms with Crippen molar-refractivity contribution in [1.82, 2.24) is 9.88 Å². The van der Waals surface area contributed by atoms with Crippen LogP contribution in [0.5, 0.6) is 0 Å². The molecule has 0 aromatic carbocycles. The summed E-state index contributed by atoms with van der Waals surface area (Å²) in [4.78, 5) is 20.8. The number of likely N-dealkylation sites (tertiary alicyclic amines) is 1. The van der Waals surface area contributed by atoms with Crippen molar-refractivity contribution >= 4 is 11.6 Å². The van der Waals surface area contributed by atoms with Crippen LogP contribution in [0.2, 0.25) is 0 Å². The first-order chi connectivity index (χ1) is 9.34. The largest absolute Gasteiger partial charge is 0.370 e. The van der Waals surface area contributed by atoms with Gasteiger partial charge in [-0.3, -0.25) is 4.79 Å². The third-order valence-electron chi connectivity index (χ3n) is 4.08. The first-order valence-electron chi connectivity index (χ1n) is 7.35. The SMILES string of the molecule is O=C(c1ccc(N2CCCCC2)cn1)N1CCCC1. The van der Waals surface area contributed by atoms with Gasteiger partial charge in [0.2, 0.25) is 0 Å². The highest BCUT2D eigenvalue weighted by Gasteiger charge is 2.20. The first kappa shape index (κ1) is 12.5. The van der Waals surface area contributed by atoms with E-state index < -0.39 is 0 Å². The van der Waals surface area contributed by atoms with Crippen LogP contribution < -0.4 is 4.90 Å². The molecule has 2 fully saturated rings. The minimum Gasteiger partial charge on any atom is -0.370 e. The number of nitrogens with zero attached hydrogens (tertiary/aromatic N) is 3. The minimum atomic E-state index is 0.0858. The number of anilines is 1. The second-order valence-electron chi connectivity index (χ2n) is 5.45. The molecule has 0 saturated carbocycles. The summed E-state index contributed by atoms with van der Waals surface area (Å²) in [5.74, 6) is 0.0858. The van der Waals surface area contributed by atoms with Crippen LogP contribution in [-0.2, 0) is 0 Å². The summed E-state index contributed by atoms with van der Waals surface area (Å²) in [5, 5.41) is 0. The lowest BCUT2D eigenvalue weighted by Gasteiger charge is -2.28. The van der Waals surface area contributed by atoms with Gasteiger partial charge in [0, 0.05) is 26.2 Å². The number of carbonyl (C=O) groups excluding carboxylic acids is 1. The van der Waals surface area contributed by atoms with Gasteiger partial charge in [0.25, 0.3) is 5.91 Å². The topological polar surface area (TPSA) is 36.4 Å². The van der Waals surface area contributed by atoms with E-state index in [2.05, 4.69) is 9.88 Å². The summed E-state index contributed by atoms with van der Waals surface area (Å²) in [7, 11) is 0. The molecule has 0 atom stereocenters. The van der Waals surface area contributed by atoms with E-state index in [1.165, 1.54) is 19.3 Å². The number of hydrogen-bond acceptors (Lipinski definition) is 3. The molecule has 0 bridgehead atoms. The van der Waals surface area contributed by atoms with E-state index in [0.717, 1.165) is 44.7 Å². The number of carbonyl (C=O) groups is 1. The van der Waals surface area contributed by atoms with Gasteiger partial charge < -0.3 is 9.80 Å². The number of piperidine rings is 1. The molecule has 0 unspecified atom stereocenters. The average molecular weight is 259 g/mol. The molecule has 3 heterocycles. The van der Waals surface area contributed by atoms with E-state index in [1.807, 2.05) is 23.2 Å². The van der Waals surface area contributed by atoms with Crippen LogP contribution >= 0.6 is 0 Å². The van der Waals surface area contributed by atoms with Gasteiger partial charge in [0.1, 0.15) is 5.69 Å². The highest BCUT2D eigenvalue weighted by molar-refractivity contribution is 5.92. The van der Waals surface area contributed by atoms with E-state index in [1.54, 1.807) is 0 Å². The van der Waals surface area contributed by atoms with Crippen molar-refractivity contribution in [2.75, 3.05) is 31.1 Å². The van der Waals surface area contributed by atoms with Gasteiger partial charge in [-0.1, -0.05) is 0 Å². The Kier molecular flexibility index (Phi) is 3.67. The summed E-state index contributed by atoms with van der Waals surface area (Å²) in [6, 6.07) is 3.92.